The number of amides is 1. The molecule has 2 aromatic heterocycles. The fourth-order valence-corrected chi connectivity index (χ4v) is 3.58. The molecule has 21 heavy (non-hydrogen) atoms. The Labute approximate surface area is 127 Å². The maximum atomic E-state index is 12.5. The first-order chi connectivity index (χ1) is 10.1. The van der Waals surface area contributed by atoms with Crippen LogP contribution in [0.4, 0.5) is 0 Å². The molecule has 1 saturated heterocycles. The van der Waals surface area contributed by atoms with Crippen molar-refractivity contribution < 1.29 is 4.79 Å². The topological polar surface area (TPSA) is 63.9 Å². The van der Waals surface area contributed by atoms with Crippen LogP contribution in [0.5, 0.6) is 0 Å². The van der Waals surface area contributed by atoms with Crippen LogP contribution in [0, 0.1) is 0 Å². The Hall–Kier alpha value is -1.76. The van der Waals surface area contributed by atoms with Gasteiger partial charge in [0.15, 0.2) is 0 Å². The van der Waals surface area contributed by atoms with E-state index in [-0.39, 0.29) is 12.5 Å². The number of nitrogens with zero attached hydrogens (tertiary/aromatic N) is 5. The van der Waals surface area contributed by atoms with Gasteiger partial charge in [-0.2, -0.15) is 4.80 Å². The zero-order chi connectivity index (χ0) is 14.8. The van der Waals surface area contributed by atoms with Crippen molar-refractivity contribution in [1.29, 1.82) is 0 Å². The Morgan fingerprint density at radius 2 is 2.14 bits per heavy atom. The quantitative estimate of drug-likeness (QED) is 0.872. The minimum absolute atomic E-state index is 0.0739. The van der Waals surface area contributed by atoms with Gasteiger partial charge in [0.2, 0.25) is 11.7 Å². The predicted octanol–water partition coefficient (Wildman–Crippen LogP) is 2.19. The van der Waals surface area contributed by atoms with Gasteiger partial charge in [-0.1, -0.05) is 6.07 Å². The molecule has 6 nitrogen and oxygen atoms in total. The Bertz CT molecular complexity index is 599. The van der Waals surface area contributed by atoms with Crippen LogP contribution in [0.2, 0.25) is 0 Å². The lowest BCUT2D eigenvalue weighted by Gasteiger charge is -2.38. The summed E-state index contributed by atoms with van der Waals surface area (Å²) < 4.78 is 0. The molecule has 0 spiro atoms. The molecule has 2 atom stereocenters. The van der Waals surface area contributed by atoms with Gasteiger partial charge in [0.1, 0.15) is 6.54 Å². The maximum Gasteiger partial charge on any atom is 0.246 e. The number of tetrazole rings is 1. The number of hydrogen-bond acceptors (Lipinski definition) is 5. The molecule has 1 aliphatic rings. The van der Waals surface area contributed by atoms with Crippen molar-refractivity contribution in [3.05, 3.63) is 17.5 Å². The normalized spacial score (nSPS) is 22.5. The van der Waals surface area contributed by atoms with E-state index in [2.05, 4.69) is 29.3 Å². The molecule has 3 rings (SSSR count). The standard InChI is InChI=1S/C14H19N5OS/c1-10-5-3-6-11(2)19(10)13(20)9-18-16-14(15-17-18)12-7-4-8-21-12/h4,7-8,10-11H,3,5-6,9H2,1-2H3/t10-,11-/m1/s1. The third kappa shape index (κ3) is 2.97. The van der Waals surface area contributed by atoms with Gasteiger partial charge in [0, 0.05) is 12.1 Å². The summed E-state index contributed by atoms with van der Waals surface area (Å²) in [7, 11) is 0. The van der Waals surface area contributed by atoms with E-state index in [1.165, 1.54) is 11.2 Å². The van der Waals surface area contributed by atoms with Crippen molar-refractivity contribution in [3.63, 3.8) is 0 Å². The van der Waals surface area contributed by atoms with Crippen molar-refractivity contribution in [2.45, 2.75) is 51.7 Å². The lowest BCUT2D eigenvalue weighted by molar-refractivity contribution is -0.138. The lowest BCUT2D eigenvalue weighted by atomic mass is 9.97. The molecule has 1 aliphatic heterocycles. The van der Waals surface area contributed by atoms with Gasteiger partial charge in [-0.25, -0.2) is 0 Å². The second-order valence-corrected chi connectivity index (χ2v) is 6.50. The van der Waals surface area contributed by atoms with Crippen molar-refractivity contribution >= 4 is 17.2 Å². The van der Waals surface area contributed by atoms with Crippen LogP contribution in [-0.2, 0) is 11.3 Å². The summed E-state index contributed by atoms with van der Waals surface area (Å²) in [5.41, 5.74) is 0. The highest BCUT2D eigenvalue weighted by atomic mass is 32.1. The van der Waals surface area contributed by atoms with E-state index in [4.69, 9.17) is 0 Å². The number of aromatic nitrogens is 4. The number of carbonyl (C=O) groups is 1. The average molecular weight is 305 g/mol. The smallest absolute Gasteiger partial charge is 0.246 e. The van der Waals surface area contributed by atoms with E-state index >= 15 is 0 Å². The third-order valence-electron chi connectivity index (χ3n) is 3.95. The van der Waals surface area contributed by atoms with E-state index in [0.717, 1.165) is 17.7 Å². The monoisotopic (exact) mass is 305 g/mol. The summed E-state index contributed by atoms with van der Waals surface area (Å²) in [5, 5.41) is 14.3. The molecular formula is C14H19N5OS. The summed E-state index contributed by atoms with van der Waals surface area (Å²) in [4.78, 5) is 16.8. The molecule has 0 aliphatic carbocycles. The van der Waals surface area contributed by atoms with Gasteiger partial charge in [0.05, 0.1) is 4.88 Å². The summed E-state index contributed by atoms with van der Waals surface area (Å²) >= 11 is 1.56. The van der Waals surface area contributed by atoms with E-state index in [1.54, 1.807) is 11.3 Å². The molecule has 0 aromatic carbocycles. The number of hydrogen-bond donors (Lipinski definition) is 0. The zero-order valence-corrected chi connectivity index (χ0v) is 13.1. The summed E-state index contributed by atoms with van der Waals surface area (Å²) in [6.45, 7) is 4.38. The van der Waals surface area contributed by atoms with Crippen LogP contribution in [0.15, 0.2) is 17.5 Å². The minimum Gasteiger partial charge on any atom is -0.336 e. The molecule has 2 aromatic rings. The van der Waals surface area contributed by atoms with Gasteiger partial charge in [-0.05, 0) is 49.8 Å². The first-order valence-corrected chi connectivity index (χ1v) is 8.16. The lowest BCUT2D eigenvalue weighted by Crippen LogP contribution is -2.48. The number of likely N-dealkylation sites (tertiary alicyclic amines) is 1. The summed E-state index contributed by atoms with van der Waals surface area (Å²) in [5.74, 6) is 0.655. The molecule has 0 unspecified atom stereocenters. The van der Waals surface area contributed by atoms with E-state index < -0.39 is 0 Å². The van der Waals surface area contributed by atoms with Crippen molar-refractivity contribution in [1.82, 2.24) is 25.1 Å². The minimum atomic E-state index is 0.0739. The van der Waals surface area contributed by atoms with Crippen molar-refractivity contribution in [2.24, 2.45) is 0 Å². The van der Waals surface area contributed by atoms with E-state index in [9.17, 15) is 4.79 Å². The first kappa shape index (κ1) is 14.2. The molecule has 1 fully saturated rings. The third-order valence-corrected chi connectivity index (χ3v) is 4.82. The number of piperidine rings is 1. The summed E-state index contributed by atoms with van der Waals surface area (Å²) in [6.07, 6.45) is 3.33. The first-order valence-electron chi connectivity index (χ1n) is 7.28. The van der Waals surface area contributed by atoms with Gasteiger partial charge in [-0.3, -0.25) is 4.79 Å². The second-order valence-electron chi connectivity index (χ2n) is 5.55. The Kier molecular flexibility index (Phi) is 4.01. The molecule has 0 saturated carbocycles. The molecular weight excluding hydrogens is 286 g/mol. The highest BCUT2D eigenvalue weighted by Crippen LogP contribution is 2.23. The highest BCUT2D eigenvalue weighted by molar-refractivity contribution is 7.13. The molecule has 3 heterocycles. The van der Waals surface area contributed by atoms with E-state index in [0.29, 0.717) is 17.9 Å². The van der Waals surface area contributed by atoms with Crippen molar-refractivity contribution in [2.75, 3.05) is 0 Å². The highest BCUT2D eigenvalue weighted by Gasteiger charge is 2.29. The van der Waals surface area contributed by atoms with Gasteiger partial charge < -0.3 is 4.90 Å². The summed E-state index contributed by atoms with van der Waals surface area (Å²) in [6, 6.07) is 4.48. The average Bonchev–Trinajstić information content (AvgIpc) is 3.08. The Morgan fingerprint density at radius 1 is 1.38 bits per heavy atom. The van der Waals surface area contributed by atoms with Crippen LogP contribution >= 0.6 is 11.3 Å². The Morgan fingerprint density at radius 3 is 2.81 bits per heavy atom. The van der Waals surface area contributed by atoms with Crippen LogP contribution in [-0.4, -0.2) is 43.1 Å². The molecule has 0 N–H and O–H groups in total. The molecule has 0 bridgehead atoms. The van der Waals surface area contributed by atoms with Crippen LogP contribution in [0.25, 0.3) is 10.7 Å². The number of rotatable bonds is 3. The predicted molar refractivity (Wildman–Crippen MR) is 80.8 cm³/mol. The maximum absolute atomic E-state index is 12.5. The van der Waals surface area contributed by atoms with Crippen molar-refractivity contribution in [3.8, 4) is 10.7 Å². The molecule has 1 amide bonds. The van der Waals surface area contributed by atoms with Gasteiger partial charge in [0.25, 0.3) is 0 Å². The SMILES string of the molecule is C[C@@H]1CCC[C@@H](C)N1C(=O)Cn1nnc(-c2cccs2)n1. The van der Waals surface area contributed by atoms with Gasteiger partial charge >= 0.3 is 0 Å². The largest absolute Gasteiger partial charge is 0.336 e. The van der Waals surface area contributed by atoms with Crippen LogP contribution < -0.4 is 0 Å². The molecule has 0 radical (unpaired) electrons. The molecule has 7 heteroatoms. The van der Waals surface area contributed by atoms with Crippen LogP contribution in [0.1, 0.15) is 33.1 Å². The van der Waals surface area contributed by atoms with Gasteiger partial charge in [-0.15, -0.1) is 21.5 Å². The van der Waals surface area contributed by atoms with E-state index in [1.807, 2.05) is 22.4 Å². The molecule has 112 valence electrons. The van der Waals surface area contributed by atoms with Crippen LogP contribution in [0.3, 0.4) is 0 Å². The number of thiophene rings is 1. The zero-order valence-electron chi connectivity index (χ0n) is 12.3. The number of carbonyl (C=O) groups excluding carboxylic acids is 1. The second kappa shape index (κ2) is 5.93. The fraction of sp³-hybridized carbons (Fsp3) is 0.571. The fourth-order valence-electron chi connectivity index (χ4n) is 2.93. The Balaban J connectivity index is 1.70.